The highest BCUT2D eigenvalue weighted by atomic mass is 16.5. The van der Waals surface area contributed by atoms with Gasteiger partial charge in [-0.15, -0.1) is 0 Å². The molecule has 0 N–H and O–H groups in total. The Morgan fingerprint density at radius 1 is 1.03 bits per heavy atom. The first-order chi connectivity index (χ1) is 14.0. The summed E-state index contributed by atoms with van der Waals surface area (Å²) in [7, 11) is 1.76. The van der Waals surface area contributed by atoms with Gasteiger partial charge in [0.15, 0.2) is 0 Å². The SMILES string of the molecule is CCOC(=O)c1ccc(/C=C(\C)c2ccc(OC)c(C3(C)CCCCC3)c2)cc1. The third-order valence-electron chi connectivity index (χ3n) is 6.07. The van der Waals surface area contributed by atoms with E-state index in [4.69, 9.17) is 9.47 Å². The van der Waals surface area contributed by atoms with Crippen LogP contribution >= 0.6 is 0 Å². The molecule has 0 atom stereocenters. The van der Waals surface area contributed by atoms with Crippen molar-refractivity contribution in [3.8, 4) is 5.75 Å². The molecule has 0 bridgehead atoms. The lowest BCUT2D eigenvalue weighted by Gasteiger charge is -2.35. The summed E-state index contributed by atoms with van der Waals surface area (Å²) in [5, 5.41) is 0. The number of esters is 1. The number of hydrogen-bond donors (Lipinski definition) is 0. The fourth-order valence-electron chi connectivity index (χ4n) is 4.29. The molecule has 2 aromatic carbocycles. The molecule has 0 amide bonds. The smallest absolute Gasteiger partial charge is 0.338 e. The van der Waals surface area contributed by atoms with Gasteiger partial charge in [-0.05, 0) is 73.1 Å². The Morgan fingerprint density at radius 3 is 2.31 bits per heavy atom. The third-order valence-corrected chi connectivity index (χ3v) is 6.07. The van der Waals surface area contributed by atoms with Crippen LogP contribution in [0, 0.1) is 0 Å². The van der Waals surface area contributed by atoms with E-state index >= 15 is 0 Å². The van der Waals surface area contributed by atoms with E-state index in [1.54, 1.807) is 7.11 Å². The van der Waals surface area contributed by atoms with Crippen LogP contribution in [0.5, 0.6) is 5.75 Å². The second kappa shape index (κ2) is 9.30. The first-order valence-corrected chi connectivity index (χ1v) is 10.6. The van der Waals surface area contributed by atoms with Gasteiger partial charge in [-0.25, -0.2) is 4.79 Å². The summed E-state index contributed by atoms with van der Waals surface area (Å²) >= 11 is 0. The average Bonchev–Trinajstić information content (AvgIpc) is 2.74. The molecule has 154 valence electrons. The quantitative estimate of drug-likeness (QED) is 0.407. The van der Waals surface area contributed by atoms with Crippen molar-refractivity contribution in [2.75, 3.05) is 13.7 Å². The molecule has 29 heavy (non-hydrogen) atoms. The number of benzene rings is 2. The van der Waals surface area contributed by atoms with Gasteiger partial charge >= 0.3 is 5.97 Å². The van der Waals surface area contributed by atoms with E-state index in [2.05, 4.69) is 38.1 Å². The van der Waals surface area contributed by atoms with Crippen molar-refractivity contribution in [1.82, 2.24) is 0 Å². The molecule has 0 aromatic heterocycles. The zero-order chi connectivity index (χ0) is 20.9. The van der Waals surface area contributed by atoms with E-state index in [0.717, 1.165) is 11.3 Å². The molecule has 0 unspecified atom stereocenters. The van der Waals surface area contributed by atoms with Gasteiger partial charge in [-0.1, -0.05) is 50.5 Å². The fourth-order valence-corrected chi connectivity index (χ4v) is 4.29. The van der Waals surface area contributed by atoms with E-state index in [9.17, 15) is 4.79 Å². The maximum atomic E-state index is 11.8. The summed E-state index contributed by atoms with van der Waals surface area (Å²) in [4.78, 5) is 11.8. The molecule has 1 aliphatic carbocycles. The van der Waals surface area contributed by atoms with Gasteiger partial charge in [-0.2, -0.15) is 0 Å². The summed E-state index contributed by atoms with van der Waals surface area (Å²) in [5.41, 5.74) is 5.55. The Labute approximate surface area is 174 Å². The largest absolute Gasteiger partial charge is 0.496 e. The summed E-state index contributed by atoms with van der Waals surface area (Å²) in [6.45, 7) is 6.71. The summed E-state index contributed by atoms with van der Waals surface area (Å²) < 4.78 is 10.8. The lowest BCUT2D eigenvalue weighted by Crippen LogP contribution is -2.25. The highest BCUT2D eigenvalue weighted by Crippen LogP contribution is 2.43. The highest BCUT2D eigenvalue weighted by molar-refractivity contribution is 5.90. The molecular formula is C26H32O3. The molecule has 0 spiro atoms. The van der Waals surface area contributed by atoms with Crippen LogP contribution < -0.4 is 4.74 Å². The molecule has 3 rings (SSSR count). The Hall–Kier alpha value is -2.55. The minimum Gasteiger partial charge on any atom is -0.496 e. The van der Waals surface area contributed by atoms with Crippen LogP contribution in [0.4, 0.5) is 0 Å². The lowest BCUT2D eigenvalue weighted by atomic mass is 9.70. The molecule has 2 aromatic rings. The zero-order valence-corrected chi connectivity index (χ0v) is 18.1. The van der Waals surface area contributed by atoms with E-state index in [-0.39, 0.29) is 11.4 Å². The van der Waals surface area contributed by atoms with Gasteiger partial charge in [-0.3, -0.25) is 0 Å². The molecular weight excluding hydrogens is 360 g/mol. The molecule has 0 saturated heterocycles. The summed E-state index contributed by atoms with van der Waals surface area (Å²) in [5.74, 6) is 0.713. The Bertz CT molecular complexity index is 871. The number of methoxy groups -OCH3 is 1. The van der Waals surface area contributed by atoms with Gasteiger partial charge in [0.25, 0.3) is 0 Å². The molecule has 0 radical (unpaired) electrons. The van der Waals surface area contributed by atoms with Crippen LogP contribution in [0.3, 0.4) is 0 Å². The van der Waals surface area contributed by atoms with E-state index in [0.29, 0.717) is 12.2 Å². The first kappa shape index (κ1) is 21.2. The lowest BCUT2D eigenvalue weighted by molar-refractivity contribution is 0.0526. The van der Waals surface area contributed by atoms with Gasteiger partial charge in [0.2, 0.25) is 0 Å². The molecule has 0 aliphatic heterocycles. The van der Waals surface area contributed by atoms with E-state index in [1.165, 1.54) is 48.8 Å². The fraction of sp³-hybridized carbons (Fsp3) is 0.423. The van der Waals surface area contributed by atoms with Crippen molar-refractivity contribution < 1.29 is 14.3 Å². The molecule has 3 nitrogen and oxygen atoms in total. The molecule has 3 heteroatoms. The van der Waals surface area contributed by atoms with Gasteiger partial charge in [0.1, 0.15) is 5.75 Å². The number of allylic oxidation sites excluding steroid dienone is 1. The van der Waals surface area contributed by atoms with Crippen LogP contribution in [0.15, 0.2) is 42.5 Å². The second-order valence-electron chi connectivity index (χ2n) is 8.21. The second-order valence-corrected chi connectivity index (χ2v) is 8.21. The predicted molar refractivity (Wildman–Crippen MR) is 119 cm³/mol. The molecule has 1 saturated carbocycles. The topological polar surface area (TPSA) is 35.5 Å². The Kier molecular flexibility index (Phi) is 6.79. The Balaban J connectivity index is 1.88. The van der Waals surface area contributed by atoms with Crippen LogP contribution in [-0.2, 0) is 10.2 Å². The number of hydrogen-bond acceptors (Lipinski definition) is 3. The monoisotopic (exact) mass is 392 g/mol. The summed E-state index contributed by atoms with van der Waals surface area (Å²) in [6.07, 6.45) is 8.48. The van der Waals surface area contributed by atoms with E-state index in [1.807, 2.05) is 31.2 Å². The standard InChI is InChI=1S/C26H32O3/c1-5-29-25(27)21-11-9-20(10-12-21)17-19(2)22-13-14-24(28-4)23(18-22)26(3)15-7-6-8-16-26/h9-14,17-18H,5-8,15-16H2,1-4H3/b19-17+. The maximum absolute atomic E-state index is 11.8. The average molecular weight is 393 g/mol. The minimum absolute atomic E-state index is 0.182. The molecule has 0 heterocycles. The predicted octanol–water partition coefficient (Wildman–Crippen LogP) is 6.65. The highest BCUT2D eigenvalue weighted by Gasteiger charge is 2.31. The van der Waals surface area contributed by atoms with Crippen LogP contribution in [-0.4, -0.2) is 19.7 Å². The van der Waals surface area contributed by atoms with Crippen LogP contribution in [0.1, 0.15) is 79.9 Å². The van der Waals surface area contributed by atoms with Crippen LogP contribution in [0.2, 0.25) is 0 Å². The molecule has 1 fully saturated rings. The minimum atomic E-state index is -0.278. The number of ether oxygens (including phenoxy) is 2. The van der Waals surface area contributed by atoms with Gasteiger partial charge < -0.3 is 9.47 Å². The number of rotatable bonds is 6. The zero-order valence-electron chi connectivity index (χ0n) is 18.1. The van der Waals surface area contributed by atoms with Crippen LogP contribution in [0.25, 0.3) is 11.6 Å². The number of carbonyl (C=O) groups is 1. The Morgan fingerprint density at radius 2 is 1.69 bits per heavy atom. The molecule has 1 aliphatic rings. The van der Waals surface area contributed by atoms with E-state index < -0.39 is 0 Å². The van der Waals surface area contributed by atoms with Gasteiger partial charge in [0, 0.05) is 5.56 Å². The third kappa shape index (κ3) is 4.90. The number of carbonyl (C=O) groups excluding carboxylic acids is 1. The van der Waals surface area contributed by atoms with Crippen molar-refractivity contribution in [3.63, 3.8) is 0 Å². The normalized spacial score (nSPS) is 16.3. The van der Waals surface area contributed by atoms with Crippen molar-refractivity contribution >= 4 is 17.6 Å². The van der Waals surface area contributed by atoms with Crippen molar-refractivity contribution in [2.45, 2.75) is 58.3 Å². The first-order valence-electron chi connectivity index (χ1n) is 10.6. The maximum Gasteiger partial charge on any atom is 0.338 e. The summed E-state index contributed by atoms with van der Waals surface area (Å²) in [6, 6.07) is 14.1. The van der Waals surface area contributed by atoms with Crippen molar-refractivity contribution in [1.29, 1.82) is 0 Å². The van der Waals surface area contributed by atoms with Crippen molar-refractivity contribution in [3.05, 3.63) is 64.7 Å². The van der Waals surface area contributed by atoms with Crippen molar-refractivity contribution in [2.24, 2.45) is 0 Å². The van der Waals surface area contributed by atoms with Gasteiger partial charge in [0.05, 0.1) is 19.3 Å².